The molecule has 1 aliphatic carbocycles. The van der Waals surface area contributed by atoms with Crippen LogP contribution in [0.25, 0.3) is 11.1 Å². The number of hydrogen-bond donors (Lipinski definition) is 3. The summed E-state index contributed by atoms with van der Waals surface area (Å²) in [6.45, 7) is 7.41. The number of nitrogens with one attached hydrogen (secondary N) is 3. The molecule has 5 rings (SSSR count). The Morgan fingerprint density at radius 2 is 2.06 bits per heavy atom. The number of carbonyl (C=O) groups is 2. The number of likely N-dealkylation sites (tertiary alicyclic amines) is 1. The average molecular weight is 518 g/mol. The van der Waals surface area contributed by atoms with Gasteiger partial charge in [-0.15, -0.1) is 0 Å². The molecule has 0 radical (unpaired) electrons. The van der Waals surface area contributed by atoms with Gasteiger partial charge in [0.05, 0.1) is 22.8 Å². The van der Waals surface area contributed by atoms with Crippen LogP contribution >= 0.6 is 11.6 Å². The van der Waals surface area contributed by atoms with Crippen LogP contribution in [0.1, 0.15) is 83.6 Å². The van der Waals surface area contributed by atoms with Gasteiger partial charge in [0, 0.05) is 24.7 Å². The third kappa shape index (κ3) is 5.00. The van der Waals surface area contributed by atoms with Crippen LogP contribution in [-0.4, -0.2) is 46.7 Å². The molecule has 196 valence electrons. The molecule has 1 saturated carbocycles. The van der Waals surface area contributed by atoms with Gasteiger partial charge in [-0.1, -0.05) is 30.9 Å². The van der Waals surface area contributed by atoms with Crippen molar-refractivity contribution in [1.29, 1.82) is 0 Å². The fraction of sp³-hybridized carbons (Fsp3) is 0.654. The number of aromatic nitrogens is 1. The van der Waals surface area contributed by atoms with Crippen molar-refractivity contribution in [3.8, 4) is 0 Å². The van der Waals surface area contributed by atoms with Gasteiger partial charge in [-0.25, -0.2) is 14.6 Å². The van der Waals surface area contributed by atoms with E-state index in [-0.39, 0.29) is 18.2 Å². The predicted octanol–water partition coefficient (Wildman–Crippen LogP) is 5.65. The lowest BCUT2D eigenvalue weighted by Gasteiger charge is -2.42. The minimum atomic E-state index is -0.519. The summed E-state index contributed by atoms with van der Waals surface area (Å²) in [4.78, 5) is 31.7. The molecule has 2 fully saturated rings. The minimum absolute atomic E-state index is 0.0603. The zero-order valence-electron chi connectivity index (χ0n) is 21.3. The van der Waals surface area contributed by atoms with Crippen molar-refractivity contribution in [2.24, 2.45) is 0 Å². The highest BCUT2D eigenvalue weighted by Crippen LogP contribution is 2.48. The van der Waals surface area contributed by atoms with Gasteiger partial charge in [0.2, 0.25) is 5.89 Å². The van der Waals surface area contributed by atoms with Gasteiger partial charge >= 0.3 is 12.1 Å². The number of ether oxygens (including phenoxy) is 1. The number of carbonyl (C=O) groups excluding carboxylic acids is 2. The average Bonchev–Trinajstić information content (AvgIpc) is 3.21. The fourth-order valence-electron chi connectivity index (χ4n) is 5.81. The first kappa shape index (κ1) is 25.1. The molecule has 1 unspecified atom stereocenters. The Balaban J connectivity index is 1.34. The summed E-state index contributed by atoms with van der Waals surface area (Å²) in [5, 5.41) is 9.96. The Morgan fingerprint density at radius 3 is 2.81 bits per heavy atom. The van der Waals surface area contributed by atoms with Crippen LogP contribution in [0.5, 0.6) is 0 Å². The molecule has 1 aromatic carbocycles. The van der Waals surface area contributed by atoms with Gasteiger partial charge in [-0.3, -0.25) is 0 Å². The Kier molecular flexibility index (Phi) is 6.80. The van der Waals surface area contributed by atoms with E-state index in [1.807, 2.05) is 25.7 Å². The molecule has 36 heavy (non-hydrogen) atoms. The van der Waals surface area contributed by atoms with Gasteiger partial charge < -0.3 is 30.0 Å². The highest BCUT2D eigenvalue weighted by Gasteiger charge is 2.44. The topological polar surface area (TPSA) is 109 Å². The minimum Gasteiger partial charge on any atom is -0.444 e. The van der Waals surface area contributed by atoms with E-state index < -0.39 is 11.1 Å². The number of hydrogen-bond acceptors (Lipinski definition) is 6. The lowest BCUT2D eigenvalue weighted by molar-refractivity contribution is 0.00989. The number of amides is 3. The number of nitrogens with zero attached hydrogens (tertiary/aromatic N) is 2. The van der Waals surface area contributed by atoms with E-state index in [2.05, 4.69) is 16.0 Å². The van der Waals surface area contributed by atoms with Crippen LogP contribution in [0.4, 0.5) is 15.3 Å². The highest BCUT2D eigenvalue weighted by molar-refractivity contribution is 6.35. The van der Waals surface area contributed by atoms with Crippen molar-refractivity contribution < 1.29 is 18.7 Å². The number of benzene rings is 1. The van der Waals surface area contributed by atoms with Crippen molar-refractivity contribution in [3.05, 3.63) is 22.5 Å². The lowest BCUT2D eigenvalue weighted by atomic mass is 9.74. The molecule has 9 nitrogen and oxygen atoms in total. The largest absolute Gasteiger partial charge is 0.444 e. The summed E-state index contributed by atoms with van der Waals surface area (Å²) >= 11 is 6.61. The van der Waals surface area contributed by atoms with Crippen LogP contribution in [0.15, 0.2) is 10.5 Å². The van der Waals surface area contributed by atoms with Crippen LogP contribution in [0.2, 0.25) is 5.02 Å². The summed E-state index contributed by atoms with van der Waals surface area (Å²) in [6.07, 6.45) is 7.65. The first-order valence-corrected chi connectivity index (χ1v) is 13.4. The monoisotopic (exact) mass is 517 g/mol. The van der Waals surface area contributed by atoms with E-state index in [1.54, 1.807) is 6.07 Å². The quantitative estimate of drug-likeness (QED) is 0.483. The lowest BCUT2D eigenvalue weighted by Crippen LogP contribution is -2.52. The maximum atomic E-state index is 12.7. The number of rotatable bonds is 4. The van der Waals surface area contributed by atoms with Crippen LogP contribution in [0, 0.1) is 0 Å². The van der Waals surface area contributed by atoms with E-state index in [1.165, 1.54) is 0 Å². The summed E-state index contributed by atoms with van der Waals surface area (Å²) in [7, 11) is 0. The zero-order chi connectivity index (χ0) is 25.5. The van der Waals surface area contributed by atoms with Crippen LogP contribution in [0.3, 0.4) is 0 Å². The molecular weight excluding hydrogens is 482 g/mol. The Labute approximate surface area is 216 Å². The molecule has 10 heteroatoms. The Morgan fingerprint density at radius 1 is 1.28 bits per heavy atom. The molecule has 1 atom stereocenters. The highest BCUT2D eigenvalue weighted by atomic mass is 35.5. The second-order valence-electron chi connectivity index (χ2n) is 11.2. The Hall–Kier alpha value is -2.52. The predicted molar refractivity (Wildman–Crippen MR) is 138 cm³/mol. The molecule has 0 bridgehead atoms. The molecule has 2 aliphatic heterocycles. The number of fused-ring (bicyclic) bond motifs is 4. The standard InChI is InChI=1S/C26H36ClN5O4/c1-25(2,3)36-24(34)32-12-8-5-9-16(32)14-28-15-19-29-18-13-17(27)21-20(22(18)35-19)26(31-23(33)30-21)10-6-4-7-11-26/h13,16,28H,4-12,14-15H2,1-3H3,(H2,30,31,33). The first-order chi connectivity index (χ1) is 17.2. The van der Waals surface area contributed by atoms with E-state index in [0.29, 0.717) is 47.3 Å². The van der Waals surface area contributed by atoms with Gasteiger partial charge in [-0.2, -0.15) is 0 Å². The molecular formula is C26H36ClN5O4. The van der Waals surface area contributed by atoms with Crippen LogP contribution in [-0.2, 0) is 16.8 Å². The smallest absolute Gasteiger partial charge is 0.410 e. The third-order valence-corrected chi connectivity index (χ3v) is 7.66. The molecule has 3 heterocycles. The van der Waals surface area contributed by atoms with Crippen molar-refractivity contribution >= 4 is 40.5 Å². The van der Waals surface area contributed by atoms with Gasteiger partial charge in [0.15, 0.2) is 5.58 Å². The van der Waals surface area contributed by atoms with E-state index in [4.69, 9.17) is 25.7 Å². The molecule has 3 N–H and O–H groups in total. The zero-order valence-corrected chi connectivity index (χ0v) is 22.1. The Bertz CT molecular complexity index is 1150. The van der Waals surface area contributed by atoms with E-state index >= 15 is 0 Å². The van der Waals surface area contributed by atoms with Crippen molar-refractivity contribution in [1.82, 2.24) is 20.5 Å². The normalized spacial score (nSPS) is 21.7. The van der Waals surface area contributed by atoms with E-state index in [9.17, 15) is 9.59 Å². The number of halogens is 1. The molecule has 3 aliphatic rings. The second kappa shape index (κ2) is 9.74. The van der Waals surface area contributed by atoms with E-state index in [0.717, 1.165) is 56.9 Å². The number of oxazole rings is 1. The maximum Gasteiger partial charge on any atom is 0.410 e. The number of urea groups is 1. The van der Waals surface area contributed by atoms with Crippen molar-refractivity contribution in [2.75, 3.05) is 18.4 Å². The van der Waals surface area contributed by atoms with Gasteiger partial charge in [0.25, 0.3) is 0 Å². The number of piperidine rings is 1. The van der Waals surface area contributed by atoms with Crippen molar-refractivity contribution in [3.63, 3.8) is 0 Å². The molecule has 3 amide bonds. The van der Waals surface area contributed by atoms with Gasteiger partial charge in [-0.05, 0) is 58.9 Å². The van der Waals surface area contributed by atoms with Crippen molar-refractivity contribution in [2.45, 2.75) is 95.9 Å². The van der Waals surface area contributed by atoms with Crippen LogP contribution < -0.4 is 16.0 Å². The molecule has 2 aromatic rings. The van der Waals surface area contributed by atoms with Gasteiger partial charge in [0.1, 0.15) is 11.1 Å². The molecule has 1 saturated heterocycles. The first-order valence-electron chi connectivity index (χ1n) is 13.1. The summed E-state index contributed by atoms with van der Waals surface area (Å²) in [5.74, 6) is 0.553. The molecule has 1 spiro atoms. The second-order valence-corrected chi connectivity index (χ2v) is 11.6. The SMILES string of the molecule is CC(C)(C)OC(=O)N1CCCCC1CNCc1nc2cc(Cl)c3c(c2o1)C1(CCCCC1)NC(=O)N3. The number of anilines is 1. The molecule has 1 aromatic heterocycles. The summed E-state index contributed by atoms with van der Waals surface area (Å²) < 4.78 is 11.9. The third-order valence-electron chi connectivity index (χ3n) is 7.37. The summed E-state index contributed by atoms with van der Waals surface area (Å²) in [5.41, 5.74) is 1.89. The maximum absolute atomic E-state index is 12.7. The summed E-state index contributed by atoms with van der Waals surface area (Å²) in [6, 6.07) is 1.59. The fourth-order valence-corrected chi connectivity index (χ4v) is 6.05.